The topological polar surface area (TPSA) is 79.6 Å². The molecule has 0 fully saturated rings. The van der Waals surface area contributed by atoms with Gasteiger partial charge in [0.2, 0.25) is 5.43 Å². The molecule has 2 aliphatic rings. The van der Waals surface area contributed by atoms with Gasteiger partial charge in [-0.15, -0.1) is 11.8 Å². The highest BCUT2D eigenvalue weighted by Gasteiger charge is 2.45. The number of aromatic nitrogens is 1. The standard InChI is InChI=1S/C24H20N2O4S/c1-2-25-23(29)20(26-12-11-17(27)22(28)21(26)24(25)30)19-15-8-4-3-7-14(15)13-31-18-10-6-5-9-16(18)19/h3-12,19-20,28H,2,13H2,1H3. The molecule has 1 N–H and O–H groups in total. The van der Waals surface area contributed by atoms with E-state index in [1.807, 2.05) is 42.5 Å². The molecule has 0 aliphatic carbocycles. The lowest BCUT2D eigenvalue weighted by Crippen LogP contribution is -2.50. The van der Waals surface area contributed by atoms with Crippen molar-refractivity contribution >= 4 is 23.6 Å². The number of imide groups is 1. The third-order valence-electron chi connectivity index (χ3n) is 6.03. The number of pyridine rings is 1. The van der Waals surface area contributed by atoms with Crippen molar-refractivity contribution in [1.29, 1.82) is 0 Å². The largest absolute Gasteiger partial charge is 0.503 e. The maximum absolute atomic E-state index is 13.7. The van der Waals surface area contributed by atoms with Crippen molar-refractivity contribution in [3.05, 3.63) is 93.4 Å². The Morgan fingerprint density at radius 1 is 1.00 bits per heavy atom. The zero-order chi connectivity index (χ0) is 21.7. The Balaban J connectivity index is 1.84. The van der Waals surface area contributed by atoms with Gasteiger partial charge in [-0.25, -0.2) is 0 Å². The minimum absolute atomic E-state index is 0.134. The summed E-state index contributed by atoms with van der Waals surface area (Å²) >= 11 is 1.71. The molecular weight excluding hydrogens is 412 g/mol. The van der Waals surface area contributed by atoms with Crippen molar-refractivity contribution in [1.82, 2.24) is 9.47 Å². The van der Waals surface area contributed by atoms with E-state index in [1.54, 1.807) is 18.7 Å². The summed E-state index contributed by atoms with van der Waals surface area (Å²) in [6.07, 6.45) is 1.45. The second kappa shape index (κ2) is 7.42. The predicted molar refractivity (Wildman–Crippen MR) is 117 cm³/mol. The van der Waals surface area contributed by atoms with E-state index in [0.717, 1.165) is 32.2 Å². The number of hydrogen-bond donors (Lipinski definition) is 1. The van der Waals surface area contributed by atoms with Gasteiger partial charge in [-0.05, 0) is 29.7 Å². The summed E-state index contributed by atoms with van der Waals surface area (Å²) in [5.74, 6) is -1.22. The van der Waals surface area contributed by atoms with Crippen LogP contribution in [-0.2, 0) is 10.5 Å². The highest BCUT2D eigenvalue weighted by atomic mass is 32.2. The molecule has 1 aromatic heterocycles. The van der Waals surface area contributed by atoms with Gasteiger partial charge < -0.3 is 9.67 Å². The molecule has 6 nitrogen and oxygen atoms in total. The minimum Gasteiger partial charge on any atom is -0.503 e. The van der Waals surface area contributed by atoms with Gasteiger partial charge in [0, 0.05) is 35.4 Å². The van der Waals surface area contributed by atoms with E-state index >= 15 is 0 Å². The van der Waals surface area contributed by atoms with E-state index in [1.165, 1.54) is 16.8 Å². The molecule has 5 rings (SSSR count). The van der Waals surface area contributed by atoms with Crippen molar-refractivity contribution in [2.45, 2.75) is 29.5 Å². The second-order valence-corrected chi connectivity index (χ2v) is 8.64. The Morgan fingerprint density at radius 2 is 1.71 bits per heavy atom. The molecule has 2 aromatic carbocycles. The van der Waals surface area contributed by atoms with Crippen LogP contribution >= 0.6 is 11.8 Å². The average Bonchev–Trinajstić information content (AvgIpc) is 2.94. The van der Waals surface area contributed by atoms with Crippen LogP contribution in [0.4, 0.5) is 0 Å². The molecule has 2 aliphatic heterocycles. The van der Waals surface area contributed by atoms with Gasteiger partial charge >= 0.3 is 0 Å². The number of nitrogens with zero attached hydrogens (tertiary/aromatic N) is 2. The zero-order valence-corrected chi connectivity index (χ0v) is 17.6. The lowest BCUT2D eigenvalue weighted by Gasteiger charge is -2.38. The van der Waals surface area contributed by atoms with Gasteiger partial charge in [0.1, 0.15) is 6.04 Å². The highest BCUT2D eigenvalue weighted by molar-refractivity contribution is 7.98. The van der Waals surface area contributed by atoms with Crippen LogP contribution in [0, 0.1) is 0 Å². The van der Waals surface area contributed by atoms with Crippen LogP contribution in [0.5, 0.6) is 5.75 Å². The third kappa shape index (κ3) is 2.91. The second-order valence-electron chi connectivity index (χ2n) is 7.62. The lowest BCUT2D eigenvalue weighted by atomic mass is 9.81. The Bertz CT molecular complexity index is 1240. The molecule has 2 unspecified atom stereocenters. The number of amides is 2. The van der Waals surface area contributed by atoms with Gasteiger partial charge in [0.15, 0.2) is 11.4 Å². The number of carbonyl (C=O) groups is 2. The first kappa shape index (κ1) is 19.6. The summed E-state index contributed by atoms with van der Waals surface area (Å²) in [5.41, 5.74) is 2.35. The summed E-state index contributed by atoms with van der Waals surface area (Å²) in [6, 6.07) is 16.4. The van der Waals surface area contributed by atoms with Crippen LogP contribution in [0.15, 0.2) is 70.5 Å². The van der Waals surface area contributed by atoms with Crippen LogP contribution in [0.25, 0.3) is 0 Å². The number of likely N-dealkylation sites (N-methyl/N-ethyl adjacent to an activating group) is 1. The number of carbonyl (C=O) groups excluding carboxylic acids is 2. The smallest absolute Gasteiger partial charge is 0.281 e. The minimum atomic E-state index is -0.805. The molecule has 31 heavy (non-hydrogen) atoms. The molecule has 0 bridgehead atoms. The van der Waals surface area contributed by atoms with Crippen molar-refractivity contribution in [3.8, 4) is 5.75 Å². The Kier molecular flexibility index (Phi) is 4.70. The van der Waals surface area contributed by atoms with Crippen molar-refractivity contribution in [2.75, 3.05) is 6.54 Å². The Hall–Kier alpha value is -3.32. The molecule has 0 saturated carbocycles. The van der Waals surface area contributed by atoms with Gasteiger partial charge in [0.25, 0.3) is 11.8 Å². The molecule has 0 radical (unpaired) electrons. The van der Waals surface area contributed by atoms with Crippen molar-refractivity contribution in [3.63, 3.8) is 0 Å². The molecule has 3 aromatic rings. The average molecular weight is 433 g/mol. The fourth-order valence-electron chi connectivity index (χ4n) is 4.59. The maximum Gasteiger partial charge on any atom is 0.281 e. The van der Waals surface area contributed by atoms with Gasteiger partial charge in [-0.1, -0.05) is 42.5 Å². The van der Waals surface area contributed by atoms with Gasteiger partial charge in [-0.3, -0.25) is 19.3 Å². The predicted octanol–water partition coefficient (Wildman–Crippen LogP) is 3.54. The first-order chi connectivity index (χ1) is 15.0. The number of rotatable bonds is 2. The van der Waals surface area contributed by atoms with Gasteiger partial charge in [-0.2, -0.15) is 0 Å². The molecule has 2 atom stereocenters. The number of benzene rings is 2. The summed E-state index contributed by atoms with van der Waals surface area (Å²) in [4.78, 5) is 41.0. The van der Waals surface area contributed by atoms with E-state index in [2.05, 4.69) is 6.07 Å². The number of thioether (sulfide) groups is 1. The zero-order valence-electron chi connectivity index (χ0n) is 16.8. The molecular formula is C24H20N2O4S. The van der Waals surface area contributed by atoms with E-state index in [0.29, 0.717) is 0 Å². The summed E-state index contributed by atoms with van der Waals surface area (Å²) in [7, 11) is 0. The lowest BCUT2D eigenvalue weighted by molar-refractivity contribution is -0.133. The number of hydrogen-bond acceptors (Lipinski definition) is 5. The summed E-state index contributed by atoms with van der Waals surface area (Å²) < 4.78 is 1.49. The quantitative estimate of drug-likeness (QED) is 0.627. The molecule has 156 valence electrons. The first-order valence-electron chi connectivity index (χ1n) is 10.1. The molecule has 3 heterocycles. The van der Waals surface area contributed by atoms with Gasteiger partial charge in [0.05, 0.1) is 0 Å². The van der Waals surface area contributed by atoms with E-state index in [-0.39, 0.29) is 24.1 Å². The first-order valence-corrected chi connectivity index (χ1v) is 11.1. The fraction of sp³-hybridized carbons (Fsp3) is 0.208. The molecule has 0 saturated heterocycles. The SMILES string of the molecule is CCN1C(=O)c2c(O)c(=O)ccn2C(C2c3ccccc3CSc3ccccc32)C1=O. The molecule has 2 amide bonds. The molecule has 0 spiro atoms. The van der Waals surface area contributed by atoms with Crippen LogP contribution in [0.1, 0.15) is 46.1 Å². The summed E-state index contributed by atoms with van der Waals surface area (Å²) in [6.45, 7) is 1.87. The Labute approximate surface area is 183 Å². The highest BCUT2D eigenvalue weighted by Crippen LogP contribution is 2.47. The van der Waals surface area contributed by atoms with Crippen LogP contribution in [0.2, 0.25) is 0 Å². The molecule has 7 heteroatoms. The van der Waals surface area contributed by atoms with E-state index < -0.39 is 23.1 Å². The monoisotopic (exact) mass is 432 g/mol. The number of fused-ring (bicyclic) bond motifs is 3. The van der Waals surface area contributed by atoms with Crippen LogP contribution < -0.4 is 5.43 Å². The van der Waals surface area contributed by atoms with Crippen LogP contribution in [-0.4, -0.2) is 32.9 Å². The summed E-state index contributed by atoms with van der Waals surface area (Å²) in [5, 5.41) is 10.5. The van der Waals surface area contributed by atoms with E-state index in [9.17, 15) is 19.5 Å². The van der Waals surface area contributed by atoms with Crippen molar-refractivity contribution < 1.29 is 14.7 Å². The fourth-order valence-corrected chi connectivity index (χ4v) is 5.70. The van der Waals surface area contributed by atoms with E-state index in [4.69, 9.17) is 0 Å². The maximum atomic E-state index is 13.7. The van der Waals surface area contributed by atoms with Crippen LogP contribution in [0.3, 0.4) is 0 Å². The number of aromatic hydroxyl groups is 1. The normalized spacial score (nSPS) is 20.0. The van der Waals surface area contributed by atoms with Crippen molar-refractivity contribution in [2.24, 2.45) is 0 Å². The Morgan fingerprint density at radius 3 is 2.48 bits per heavy atom. The third-order valence-corrected chi connectivity index (χ3v) is 7.17.